The molecule has 1 heterocycles. The van der Waals surface area contributed by atoms with E-state index in [1.165, 1.54) is 37.8 Å². The number of fused-ring (bicyclic) bond motifs is 4. The number of aliphatic hydroxyl groups is 7. The molecule has 0 aromatic carbocycles. The van der Waals surface area contributed by atoms with Crippen molar-refractivity contribution in [2.24, 2.45) is 11.8 Å². The zero-order chi connectivity index (χ0) is 47.3. The topological polar surface area (TPSA) is 267 Å². The molecule has 2 bridgehead atoms. The maximum atomic E-state index is 13.6. The predicted octanol–water partition coefficient (Wildman–Crippen LogP) is 6.20. The Morgan fingerprint density at radius 2 is 1.34 bits per heavy atom. The van der Waals surface area contributed by atoms with Gasteiger partial charge in [0.15, 0.2) is 6.10 Å². The van der Waals surface area contributed by atoms with Crippen LogP contribution in [0.2, 0.25) is 0 Å². The summed E-state index contributed by atoms with van der Waals surface area (Å²) < 4.78 is 34.7. The quantitative estimate of drug-likeness (QED) is 0.0260. The second-order valence-electron chi connectivity index (χ2n) is 17.7. The number of rotatable bonds is 22. The average Bonchev–Trinajstić information content (AvgIpc) is 3.26. The molecule has 8 N–H and O–H groups in total. The Hall–Kier alpha value is -2.08. The second kappa shape index (κ2) is 33.4. The van der Waals surface area contributed by atoms with E-state index in [9.17, 15) is 59.6 Å². The van der Waals surface area contributed by atoms with Gasteiger partial charge in [0.2, 0.25) is 0 Å². The van der Waals surface area contributed by atoms with Gasteiger partial charge in [-0.2, -0.15) is 0 Å². The van der Waals surface area contributed by atoms with Gasteiger partial charge in [-0.3, -0.25) is 23.4 Å². The SMILES string of the molecule is CCCCCC/C=C\CCCCCCCCCC(=O)O[C@@H]1COC(=O)CCCCCC[C@H]2C(=O)C[C@@H](O)[C@H](C=C[C@@H](O)CCCCC)[C@@H](O)[C@@H](O)[C@@H](OP(=O)(O)OC1)[C@H](O)[C@@H](O)[C@@H]2O. The highest BCUT2D eigenvalue weighted by Gasteiger charge is 2.49. The maximum Gasteiger partial charge on any atom is 0.472 e. The van der Waals surface area contributed by atoms with Crippen LogP contribution in [0, 0.1) is 11.8 Å². The van der Waals surface area contributed by atoms with E-state index in [1.807, 2.05) is 6.92 Å². The van der Waals surface area contributed by atoms with Crippen LogP contribution in [0.5, 0.6) is 0 Å². The Labute approximate surface area is 381 Å². The highest BCUT2D eigenvalue weighted by atomic mass is 31.2. The molecule has 1 aliphatic heterocycles. The Morgan fingerprint density at radius 1 is 0.750 bits per heavy atom. The maximum absolute atomic E-state index is 13.6. The molecule has 16 nitrogen and oxygen atoms in total. The largest absolute Gasteiger partial charge is 0.472 e. The summed E-state index contributed by atoms with van der Waals surface area (Å²) in [5.74, 6) is -4.89. The van der Waals surface area contributed by atoms with Gasteiger partial charge in [-0.1, -0.05) is 128 Å². The van der Waals surface area contributed by atoms with Crippen molar-refractivity contribution < 1.29 is 78.1 Å². The summed E-state index contributed by atoms with van der Waals surface area (Å²) in [6.45, 7) is 2.81. The van der Waals surface area contributed by atoms with E-state index in [1.54, 1.807) is 0 Å². The van der Waals surface area contributed by atoms with Crippen LogP contribution in [0.15, 0.2) is 24.3 Å². The van der Waals surface area contributed by atoms with Gasteiger partial charge in [0.05, 0.1) is 31.0 Å². The number of cyclic esters (lactones) is 1. The minimum atomic E-state index is -5.45. The van der Waals surface area contributed by atoms with Crippen LogP contribution in [-0.4, -0.2) is 127 Å². The van der Waals surface area contributed by atoms with Crippen molar-refractivity contribution in [3.63, 3.8) is 0 Å². The molecule has 372 valence electrons. The molecule has 12 atom stereocenters. The fourth-order valence-electron chi connectivity index (χ4n) is 8.13. The Bertz CT molecular complexity index is 1390. The van der Waals surface area contributed by atoms with Gasteiger partial charge in [-0.05, 0) is 51.4 Å². The molecule has 1 saturated heterocycles. The van der Waals surface area contributed by atoms with Crippen molar-refractivity contribution in [1.82, 2.24) is 0 Å². The first-order valence-electron chi connectivity index (χ1n) is 24.2. The number of Topliss-reactive ketones (excluding diaryl/α,β-unsaturated/α-hetero) is 1. The van der Waals surface area contributed by atoms with Crippen LogP contribution in [0.25, 0.3) is 0 Å². The zero-order valence-corrected chi connectivity index (χ0v) is 39.4. The number of hydrogen-bond donors (Lipinski definition) is 8. The first-order chi connectivity index (χ1) is 30.6. The molecule has 2 fully saturated rings. The summed E-state index contributed by atoms with van der Waals surface area (Å²) in [5, 5.41) is 78.7. The van der Waals surface area contributed by atoms with E-state index < -0.39 is 112 Å². The van der Waals surface area contributed by atoms with Crippen molar-refractivity contribution in [3.8, 4) is 0 Å². The molecule has 2 rings (SSSR count). The average molecular weight is 935 g/mol. The van der Waals surface area contributed by atoms with Crippen LogP contribution in [0.4, 0.5) is 0 Å². The minimum Gasteiger partial charge on any atom is -0.462 e. The van der Waals surface area contributed by atoms with Crippen LogP contribution in [-0.2, 0) is 37.5 Å². The molecule has 64 heavy (non-hydrogen) atoms. The van der Waals surface area contributed by atoms with Gasteiger partial charge in [-0.25, -0.2) is 4.57 Å². The minimum absolute atomic E-state index is 0.00879. The Kier molecular flexibility index (Phi) is 30.3. The molecule has 1 unspecified atom stereocenters. The molecule has 17 heteroatoms. The lowest BCUT2D eigenvalue weighted by Gasteiger charge is -2.36. The standard InChI is InChI=1S/C47H83O16P/c1-3-5-7-8-9-10-11-12-13-14-15-16-17-18-24-28-41(52)62-35-32-60-40(51)27-23-20-19-22-26-36-38(49)31-39(50)37(30-29-34(48)25-21-6-4-2)43(54)45(56)47(46(57)44(55)42(36)53)63-64(58,59)61-33-35/h10-11,29-30,34-37,39,42-48,50,53-57H,3-9,12-28,31-33H2,1-2H3,(H,58,59)/b11-10-,30-29?/t34-,35+,36-,37-,39+,42+,43+,44-,45+,46+,47+/m0/s1. The van der Waals surface area contributed by atoms with Crippen molar-refractivity contribution in [1.29, 1.82) is 0 Å². The van der Waals surface area contributed by atoms with E-state index in [0.717, 1.165) is 64.2 Å². The summed E-state index contributed by atoms with van der Waals surface area (Å²) in [6.07, 6.45) is 7.01. The summed E-state index contributed by atoms with van der Waals surface area (Å²) in [4.78, 5) is 50.1. The van der Waals surface area contributed by atoms with E-state index in [-0.39, 0.29) is 19.3 Å². The fourth-order valence-corrected chi connectivity index (χ4v) is 9.11. The fraction of sp³-hybridized carbons (Fsp3) is 0.851. The van der Waals surface area contributed by atoms with E-state index >= 15 is 0 Å². The Balaban J connectivity index is 2.19. The number of carbonyl (C=O) groups excluding carboxylic acids is 3. The molecule has 0 spiro atoms. The lowest BCUT2D eigenvalue weighted by Crippen LogP contribution is -2.55. The molecule has 0 amide bonds. The lowest BCUT2D eigenvalue weighted by atomic mass is 9.83. The molecule has 0 radical (unpaired) electrons. The van der Waals surface area contributed by atoms with Gasteiger partial charge >= 0.3 is 19.8 Å². The molecular weight excluding hydrogens is 851 g/mol. The summed E-state index contributed by atoms with van der Waals surface area (Å²) in [6, 6.07) is 0. The van der Waals surface area contributed by atoms with Crippen LogP contribution >= 0.6 is 7.82 Å². The number of hydrogen-bond acceptors (Lipinski definition) is 15. The van der Waals surface area contributed by atoms with Crippen molar-refractivity contribution in [3.05, 3.63) is 24.3 Å². The van der Waals surface area contributed by atoms with Gasteiger partial charge in [0.25, 0.3) is 0 Å². The van der Waals surface area contributed by atoms with Gasteiger partial charge in [0, 0.05) is 31.1 Å². The number of unbranched alkanes of at least 4 members (excludes halogenated alkanes) is 13. The molecular formula is C47H83O16P. The van der Waals surface area contributed by atoms with Crippen molar-refractivity contribution in [2.75, 3.05) is 13.2 Å². The number of allylic oxidation sites excluding steroid dienone is 2. The number of aliphatic hydroxyl groups excluding tert-OH is 7. The van der Waals surface area contributed by atoms with Crippen LogP contribution < -0.4 is 0 Å². The first kappa shape index (κ1) is 58.0. The third-order valence-electron chi connectivity index (χ3n) is 12.2. The van der Waals surface area contributed by atoms with E-state index in [0.29, 0.717) is 44.9 Å². The normalized spacial score (nSPS) is 31.6. The monoisotopic (exact) mass is 935 g/mol. The molecule has 2 aliphatic rings. The lowest BCUT2D eigenvalue weighted by molar-refractivity contribution is -0.166. The van der Waals surface area contributed by atoms with Crippen molar-refractivity contribution in [2.45, 2.75) is 229 Å². The number of phosphoric acid groups is 1. The number of ether oxygens (including phenoxy) is 2. The summed E-state index contributed by atoms with van der Waals surface area (Å²) in [5.41, 5.74) is 0. The number of carbonyl (C=O) groups is 3. The third-order valence-corrected chi connectivity index (χ3v) is 13.1. The van der Waals surface area contributed by atoms with Crippen molar-refractivity contribution >= 4 is 25.5 Å². The van der Waals surface area contributed by atoms with Crippen LogP contribution in [0.1, 0.15) is 174 Å². The van der Waals surface area contributed by atoms with Crippen LogP contribution in [0.3, 0.4) is 0 Å². The summed E-state index contributed by atoms with van der Waals surface area (Å²) in [7, 11) is -5.45. The molecule has 0 aromatic rings. The zero-order valence-electron chi connectivity index (χ0n) is 38.5. The van der Waals surface area contributed by atoms with Gasteiger partial charge in [0.1, 0.15) is 36.8 Å². The smallest absolute Gasteiger partial charge is 0.462 e. The van der Waals surface area contributed by atoms with E-state index in [4.69, 9.17) is 18.5 Å². The second-order valence-corrected chi connectivity index (χ2v) is 19.1. The Morgan fingerprint density at radius 3 is 2.02 bits per heavy atom. The number of esters is 2. The van der Waals surface area contributed by atoms with Gasteiger partial charge in [-0.15, -0.1) is 0 Å². The number of phosphoric ester groups is 1. The molecule has 1 aliphatic carbocycles. The molecule has 1 saturated carbocycles. The molecule has 0 aromatic heterocycles. The summed E-state index contributed by atoms with van der Waals surface area (Å²) >= 11 is 0. The highest BCUT2D eigenvalue weighted by Crippen LogP contribution is 2.47. The van der Waals surface area contributed by atoms with Gasteiger partial charge < -0.3 is 50.1 Å². The van der Waals surface area contributed by atoms with E-state index in [2.05, 4.69) is 19.1 Å². The third kappa shape index (κ3) is 23.6. The first-order valence-corrected chi connectivity index (χ1v) is 25.7. The number of ketones is 1. The predicted molar refractivity (Wildman–Crippen MR) is 241 cm³/mol. The highest BCUT2D eigenvalue weighted by molar-refractivity contribution is 7.47.